The molecule has 138 valence electrons. The van der Waals surface area contributed by atoms with Gasteiger partial charge in [0.15, 0.2) is 0 Å². The minimum atomic E-state index is -0.281. The zero-order valence-corrected chi connectivity index (χ0v) is 15.0. The van der Waals surface area contributed by atoms with E-state index in [4.69, 9.17) is 4.74 Å². The van der Waals surface area contributed by atoms with E-state index in [-0.39, 0.29) is 17.8 Å². The molecule has 1 aromatic heterocycles. The van der Waals surface area contributed by atoms with Crippen molar-refractivity contribution in [2.75, 3.05) is 6.54 Å². The third-order valence-corrected chi connectivity index (χ3v) is 4.81. The number of carbonyl (C=O) groups is 1. The number of hydrogen-bond acceptors (Lipinski definition) is 3. The number of ether oxygens (including phenoxy) is 1. The Kier molecular flexibility index (Phi) is 4.62. The Morgan fingerprint density at radius 3 is 2.59 bits per heavy atom. The highest BCUT2D eigenvalue weighted by Crippen LogP contribution is 2.25. The van der Waals surface area contributed by atoms with E-state index in [9.17, 15) is 9.18 Å². The Balaban J connectivity index is 1.48. The fourth-order valence-electron chi connectivity index (χ4n) is 3.30. The van der Waals surface area contributed by atoms with E-state index in [1.54, 1.807) is 27.8 Å². The molecule has 0 saturated carbocycles. The summed E-state index contributed by atoms with van der Waals surface area (Å²) in [6.07, 6.45) is 0. The quantitative estimate of drug-likeness (QED) is 0.691. The summed E-state index contributed by atoms with van der Waals surface area (Å²) in [5.74, 6) is 0.412. The Morgan fingerprint density at radius 1 is 1.11 bits per heavy atom. The van der Waals surface area contributed by atoms with Gasteiger partial charge >= 0.3 is 0 Å². The number of carbonyl (C=O) groups excluding carboxylic acids is 1. The molecule has 4 rings (SSSR count). The summed E-state index contributed by atoms with van der Waals surface area (Å²) in [6.45, 7) is 3.45. The van der Waals surface area contributed by atoms with Crippen LogP contribution in [0.25, 0.3) is 0 Å². The maximum Gasteiger partial charge on any atom is 0.272 e. The Morgan fingerprint density at radius 2 is 1.85 bits per heavy atom. The first-order chi connectivity index (χ1) is 13.1. The number of amides is 1. The molecule has 6 heteroatoms. The highest BCUT2D eigenvalue weighted by molar-refractivity contribution is 5.93. The van der Waals surface area contributed by atoms with Gasteiger partial charge in [0.1, 0.15) is 29.6 Å². The molecule has 1 aliphatic rings. The van der Waals surface area contributed by atoms with Gasteiger partial charge in [-0.2, -0.15) is 5.10 Å². The van der Waals surface area contributed by atoms with E-state index in [0.29, 0.717) is 25.4 Å². The number of hydrogen-bond donors (Lipinski definition) is 0. The van der Waals surface area contributed by atoms with Crippen LogP contribution in [0.5, 0.6) is 5.75 Å². The van der Waals surface area contributed by atoms with Crippen LogP contribution >= 0.6 is 0 Å². The lowest BCUT2D eigenvalue weighted by Crippen LogP contribution is -2.41. The molecular formula is C21H20FN3O2. The van der Waals surface area contributed by atoms with Crippen LogP contribution in [-0.2, 0) is 13.2 Å². The van der Waals surface area contributed by atoms with Crippen LogP contribution in [0.2, 0.25) is 0 Å². The highest BCUT2D eigenvalue weighted by atomic mass is 19.1. The van der Waals surface area contributed by atoms with Crippen molar-refractivity contribution >= 4 is 5.91 Å². The van der Waals surface area contributed by atoms with E-state index in [2.05, 4.69) is 5.10 Å². The van der Waals surface area contributed by atoms with Crippen molar-refractivity contribution in [3.05, 3.63) is 83.4 Å². The van der Waals surface area contributed by atoms with Gasteiger partial charge in [-0.25, -0.2) is 4.39 Å². The van der Waals surface area contributed by atoms with Gasteiger partial charge in [-0.15, -0.1) is 0 Å². The maximum absolute atomic E-state index is 13.2. The highest BCUT2D eigenvalue weighted by Gasteiger charge is 2.30. The first kappa shape index (κ1) is 17.3. The topological polar surface area (TPSA) is 47.4 Å². The second-order valence-electron chi connectivity index (χ2n) is 6.57. The average molecular weight is 365 g/mol. The molecule has 0 saturated heterocycles. The molecule has 0 bridgehead atoms. The van der Waals surface area contributed by atoms with Crippen molar-refractivity contribution in [3.8, 4) is 5.75 Å². The van der Waals surface area contributed by atoms with Gasteiger partial charge < -0.3 is 9.64 Å². The number of fused-ring (bicyclic) bond motifs is 1. The summed E-state index contributed by atoms with van der Waals surface area (Å²) in [5.41, 5.74) is 2.19. The summed E-state index contributed by atoms with van der Waals surface area (Å²) in [4.78, 5) is 14.7. The SMILES string of the molecule is C[C@H](c1ccc(F)cc1)N1CCn2nc(COc3ccccc3)cc2C1=O. The van der Waals surface area contributed by atoms with Crippen molar-refractivity contribution < 1.29 is 13.9 Å². The van der Waals surface area contributed by atoms with Crippen molar-refractivity contribution in [1.82, 2.24) is 14.7 Å². The molecule has 2 heterocycles. The third kappa shape index (κ3) is 3.56. The van der Waals surface area contributed by atoms with Gasteiger partial charge in [0.2, 0.25) is 0 Å². The van der Waals surface area contributed by atoms with Gasteiger partial charge in [-0.3, -0.25) is 9.48 Å². The Labute approximate surface area is 157 Å². The van der Waals surface area contributed by atoms with Crippen molar-refractivity contribution in [2.24, 2.45) is 0 Å². The lowest BCUT2D eigenvalue weighted by molar-refractivity contribution is 0.0624. The summed E-state index contributed by atoms with van der Waals surface area (Å²) in [5, 5.41) is 4.49. The molecule has 0 unspecified atom stereocenters. The molecule has 0 aliphatic carbocycles. The zero-order chi connectivity index (χ0) is 18.8. The Hall–Kier alpha value is -3.15. The first-order valence-electron chi connectivity index (χ1n) is 8.93. The fraction of sp³-hybridized carbons (Fsp3) is 0.238. The lowest BCUT2D eigenvalue weighted by atomic mass is 10.1. The van der Waals surface area contributed by atoms with E-state index < -0.39 is 0 Å². The number of halogens is 1. The smallest absolute Gasteiger partial charge is 0.272 e. The van der Waals surface area contributed by atoms with Crippen LogP contribution in [0, 0.1) is 5.82 Å². The maximum atomic E-state index is 13.2. The lowest BCUT2D eigenvalue weighted by Gasteiger charge is -2.33. The number of benzene rings is 2. The fourth-order valence-corrected chi connectivity index (χ4v) is 3.30. The third-order valence-electron chi connectivity index (χ3n) is 4.81. The van der Waals surface area contributed by atoms with Gasteiger partial charge in [0.05, 0.1) is 12.6 Å². The van der Waals surface area contributed by atoms with Crippen LogP contribution in [0.15, 0.2) is 60.7 Å². The molecule has 5 nitrogen and oxygen atoms in total. The normalized spacial score (nSPS) is 14.7. The largest absolute Gasteiger partial charge is 0.487 e. The predicted molar refractivity (Wildman–Crippen MR) is 98.9 cm³/mol. The molecule has 1 aliphatic heterocycles. The Bertz CT molecular complexity index is 938. The molecule has 1 amide bonds. The number of para-hydroxylation sites is 1. The zero-order valence-electron chi connectivity index (χ0n) is 15.0. The van der Waals surface area contributed by atoms with Crippen LogP contribution in [-0.4, -0.2) is 27.1 Å². The molecule has 27 heavy (non-hydrogen) atoms. The molecular weight excluding hydrogens is 345 g/mol. The number of rotatable bonds is 5. The van der Waals surface area contributed by atoms with Crippen LogP contribution in [0.1, 0.15) is 34.7 Å². The van der Waals surface area contributed by atoms with E-state index in [0.717, 1.165) is 17.0 Å². The molecule has 0 radical (unpaired) electrons. The summed E-state index contributed by atoms with van der Waals surface area (Å²) in [6, 6.07) is 17.4. The van der Waals surface area contributed by atoms with Crippen molar-refractivity contribution in [1.29, 1.82) is 0 Å². The molecule has 0 N–H and O–H groups in total. The van der Waals surface area contributed by atoms with Crippen LogP contribution in [0.3, 0.4) is 0 Å². The van der Waals surface area contributed by atoms with E-state index >= 15 is 0 Å². The van der Waals surface area contributed by atoms with Crippen molar-refractivity contribution in [3.63, 3.8) is 0 Å². The predicted octanol–water partition coefficient (Wildman–Crippen LogP) is 3.82. The number of nitrogens with zero attached hydrogens (tertiary/aromatic N) is 3. The average Bonchev–Trinajstić information content (AvgIpc) is 3.12. The summed E-state index contributed by atoms with van der Waals surface area (Å²) < 4.78 is 20.6. The summed E-state index contributed by atoms with van der Waals surface area (Å²) >= 11 is 0. The van der Waals surface area contributed by atoms with Gasteiger partial charge in [0.25, 0.3) is 5.91 Å². The van der Waals surface area contributed by atoms with Gasteiger partial charge in [0, 0.05) is 6.54 Å². The van der Waals surface area contributed by atoms with E-state index in [1.165, 1.54) is 12.1 Å². The minimum Gasteiger partial charge on any atom is -0.487 e. The minimum absolute atomic E-state index is 0.0727. The van der Waals surface area contributed by atoms with E-state index in [1.807, 2.05) is 37.3 Å². The second-order valence-corrected chi connectivity index (χ2v) is 6.57. The monoisotopic (exact) mass is 365 g/mol. The molecule has 2 aromatic carbocycles. The molecule has 3 aromatic rings. The number of aromatic nitrogens is 2. The summed E-state index contributed by atoms with van der Waals surface area (Å²) in [7, 11) is 0. The second kappa shape index (κ2) is 7.23. The first-order valence-corrected chi connectivity index (χ1v) is 8.93. The van der Waals surface area contributed by atoms with Gasteiger partial charge in [-0.1, -0.05) is 30.3 Å². The molecule has 0 fully saturated rings. The molecule has 0 spiro atoms. The standard InChI is InChI=1S/C21H20FN3O2/c1-15(16-7-9-17(22)10-8-16)24-11-12-25-20(21(24)26)13-18(23-25)14-27-19-5-3-2-4-6-19/h2-10,13,15H,11-12,14H2,1H3/t15-/m1/s1. The molecule has 1 atom stereocenters. The van der Waals surface area contributed by atoms with Crippen LogP contribution < -0.4 is 4.74 Å². The van der Waals surface area contributed by atoms with Crippen molar-refractivity contribution in [2.45, 2.75) is 26.1 Å². The van der Waals surface area contributed by atoms with Gasteiger partial charge in [-0.05, 0) is 42.8 Å². The van der Waals surface area contributed by atoms with Crippen LogP contribution in [0.4, 0.5) is 4.39 Å².